The summed E-state index contributed by atoms with van der Waals surface area (Å²) in [4.78, 5) is 17.6. The molecule has 0 spiro atoms. The Hall–Kier alpha value is -4.03. The minimum Gasteiger partial charge on any atom is -0.352 e. The molecule has 0 atom stereocenters. The third-order valence-corrected chi connectivity index (χ3v) is 7.77. The number of nitrogens with one attached hydrogen (secondary N) is 1. The van der Waals surface area contributed by atoms with Crippen LogP contribution in [0.5, 0.6) is 0 Å². The SMILES string of the molecule is Cc1ccc(-n2c3c/c(=N\C4CCN(CC(C)C)CC4)c(Nc4cccnc4C)cc-3nc3ccccc32)cc1. The number of hydrogen-bond acceptors (Lipinski definition) is 5. The summed E-state index contributed by atoms with van der Waals surface area (Å²) in [6, 6.07) is 25.8. The van der Waals surface area contributed by atoms with E-state index in [0.29, 0.717) is 5.92 Å². The molecule has 0 bridgehead atoms. The molecule has 0 radical (unpaired) electrons. The summed E-state index contributed by atoms with van der Waals surface area (Å²) < 4.78 is 2.32. The highest BCUT2D eigenvalue weighted by Gasteiger charge is 2.21. The first-order valence-electron chi connectivity index (χ1n) is 14.4. The van der Waals surface area contributed by atoms with Gasteiger partial charge in [-0.15, -0.1) is 0 Å². The van der Waals surface area contributed by atoms with E-state index in [1.54, 1.807) is 0 Å². The molecule has 1 aromatic heterocycles. The van der Waals surface area contributed by atoms with E-state index in [4.69, 9.17) is 9.98 Å². The normalized spacial score (nSPS) is 15.4. The van der Waals surface area contributed by atoms with Crippen LogP contribution in [0.1, 0.15) is 37.9 Å². The quantitative estimate of drug-likeness (QED) is 0.243. The predicted octanol–water partition coefficient (Wildman–Crippen LogP) is 6.91. The molecule has 1 saturated heterocycles. The Morgan fingerprint density at radius 2 is 1.70 bits per heavy atom. The number of anilines is 2. The maximum atomic E-state index is 5.39. The van der Waals surface area contributed by atoms with Gasteiger partial charge in [-0.3, -0.25) is 9.98 Å². The Morgan fingerprint density at radius 1 is 0.925 bits per heavy atom. The first kappa shape index (κ1) is 26.2. The number of aryl methyl sites for hydroxylation is 2. The van der Waals surface area contributed by atoms with Gasteiger partial charge < -0.3 is 14.8 Å². The lowest BCUT2D eigenvalue weighted by Crippen LogP contribution is -2.38. The van der Waals surface area contributed by atoms with Crippen molar-refractivity contribution in [3.63, 3.8) is 0 Å². The van der Waals surface area contributed by atoms with E-state index in [9.17, 15) is 0 Å². The number of likely N-dealkylation sites (tertiary alicyclic amines) is 1. The smallest absolute Gasteiger partial charge is 0.0900 e. The van der Waals surface area contributed by atoms with Crippen LogP contribution >= 0.6 is 0 Å². The van der Waals surface area contributed by atoms with E-state index in [1.165, 1.54) is 5.56 Å². The second-order valence-electron chi connectivity index (χ2n) is 11.4. The summed E-state index contributed by atoms with van der Waals surface area (Å²) in [5.74, 6) is 0.687. The molecule has 0 unspecified atom stereocenters. The minimum absolute atomic E-state index is 0.289. The van der Waals surface area contributed by atoms with Gasteiger partial charge in [-0.25, -0.2) is 4.98 Å². The third-order valence-electron chi connectivity index (χ3n) is 7.77. The first-order chi connectivity index (χ1) is 19.4. The van der Waals surface area contributed by atoms with E-state index in [1.807, 2.05) is 25.3 Å². The van der Waals surface area contributed by atoms with Gasteiger partial charge in [-0.2, -0.15) is 0 Å². The average molecular weight is 531 g/mol. The van der Waals surface area contributed by atoms with Gasteiger partial charge in [0.15, 0.2) is 0 Å². The first-order valence-corrected chi connectivity index (χ1v) is 14.4. The van der Waals surface area contributed by atoms with Crippen LogP contribution < -0.4 is 10.7 Å². The second kappa shape index (κ2) is 11.2. The maximum Gasteiger partial charge on any atom is 0.0900 e. The largest absolute Gasteiger partial charge is 0.352 e. The van der Waals surface area contributed by atoms with Gasteiger partial charge in [0.25, 0.3) is 0 Å². The summed E-state index contributed by atoms with van der Waals surface area (Å²) in [6.45, 7) is 12.1. The number of pyridine rings is 1. The van der Waals surface area contributed by atoms with Crippen molar-refractivity contribution in [2.75, 3.05) is 25.0 Å². The predicted molar refractivity (Wildman–Crippen MR) is 165 cm³/mol. The van der Waals surface area contributed by atoms with Crippen molar-refractivity contribution in [1.82, 2.24) is 19.4 Å². The molecule has 6 rings (SSSR count). The van der Waals surface area contributed by atoms with E-state index >= 15 is 0 Å². The highest BCUT2D eigenvalue weighted by molar-refractivity contribution is 5.84. The van der Waals surface area contributed by atoms with Crippen molar-refractivity contribution in [2.24, 2.45) is 10.9 Å². The number of piperidine rings is 1. The van der Waals surface area contributed by atoms with E-state index in [-0.39, 0.29) is 6.04 Å². The average Bonchev–Trinajstić information content (AvgIpc) is 2.95. The van der Waals surface area contributed by atoms with Gasteiger partial charge >= 0.3 is 0 Å². The highest BCUT2D eigenvalue weighted by atomic mass is 15.1. The summed E-state index contributed by atoms with van der Waals surface area (Å²) in [5, 5.41) is 4.62. The second-order valence-corrected chi connectivity index (χ2v) is 11.4. The summed E-state index contributed by atoms with van der Waals surface area (Å²) >= 11 is 0. The zero-order valence-corrected chi connectivity index (χ0v) is 23.9. The molecular weight excluding hydrogens is 492 g/mol. The van der Waals surface area contributed by atoms with Crippen LogP contribution in [0.3, 0.4) is 0 Å². The van der Waals surface area contributed by atoms with Crippen LogP contribution in [0.4, 0.5) is 11.4 Å². The monoisotopic (exact) mass is 530 g/mol. The molecule has 2 aliphatic heterocycles. The fourth-order valence-corrected chi connectivity index (χ4v) is 5.73. The summed E-state index contributed by atoms with van der Waals surface area (Å²) in [6.07, 6.45) is 3.98. The fraction of sp³-hybridized carbons (Fsp3) is 0.324. The summed E-state index contributed by atoms with van der Waals surface area (Å²) in [7, 11) is 0. The molecule has 2 aromatic carbocycles. The van der Waals surface area contributed by atoms with E-state index in [0.717, 1.165) is 83.0 Å². The van der Waals surface area contributed by atoms with Crippen LogP contribution in [-0.2, 0) is 0 Å². The molecule has 0 saturated carbocycles. The number of aromatic nitrogens is 3. The highest BCUT2D eigenvalue weighted by Crippen LogP contribution is 2.31. The zero-order chi connectivity index (χ0) is 27.6. The van der Waals surface area contributed by atoms with Crippen LogP contribution in [0.15, 0.2) is 84.0 Å². The molecule has 40 heavy (non-hydrogen) atoms. The Morgan fingerprint density at radius 3 is 2.45 bits per heavy atom. The number of fused-ring (bicyclic) bond motifs is 2. The number of nitrogens with zero attached hydrogens (tertiary/aromatic N) is 5. The van der Waals surface area contributed by atoms with Gasteiger partial charge in [-0.1, -0.05) is 43.7 Å². The van der Waals surface area contributed by atoms with Crippen molar-refractivity contribution in [3.8, 4) is 17.1 Å². The molecule has 1 N–H and O–H groups in total. The van der Waals surface area contributed by atoms with Gasteiger partial charge in [0.1, 0.15) is 0 Å². The van der Waals surface area contributed by atoms with E-state index in [2.05, 4.69) is 101 Å². The Balaban J connectivity index is 1.53. The standard InChI is InChI=1S/C34H38N6/c1-23(2)22-39-18-15-26(16-19-39)36-31-21-34-32(20-30(31)37-28-9-7-17-35-25(28)4)38-29-8-5-6-10-33(29)40(34)27-13-11-24(3)12-14-27/h5-14,17,20-21,23,26,37H,15-16,18-19,22H2,1-4H3/b36-31+. The molecule has 3 aromatic rings. The van der Waals surface area contributed by atoms with E-state index < -0.39 is 0 Å². The number of rotatable bonds is 6. The van der Waals surface area contributed by atoms with Gasteiger partial charge in [-0.05, 0) is 81.1 Å². The van der Waals surface area contributed by atoms with Crippen molar-refractivity contribution in [1.29, 1.82) is 0 Å². The molecular formula is C34H38N6. The zero-order valence-electron chi connectivity index (χ0n) is 23.9. The lowest BCUT2D eigenvalue weighted by Gasteiger charge is -2.31. The van der Waals surface area contributed by atoms with Crippen LogP contribution in [0, 0.1) is 19.8 Å². The maximum absolute atomic E-state index is 5.39. The van der Waals surface area contributed by atoms with Crippen LogP contribution in [0.2, 0.25) is 0 Å². The fourth-order valence-electron chi connectivity index (χ4n) is 5.73. The number of hydrogen-bond donors (Lipinski definition) is 1. The molecule has 3 heterocycles. The minimum atomic E-state index is 0.289. The Bertz CT molecular complexity index is 1660. The van der Waals surface area contributed by atoms with Gasteiger partial charge in [0.2, 0.25) is 0 Å². The van der Waals surface area contributed by atoms with Crippen LogP contribution in [-0.4, -0.2) is 45.1 Å². The van der Waals surface area contributed by atoms with Gasteiger partial charge in [0, 0.05) is 31.5 Å². The molecule has 1 aliphatic carbocycles. The molecule has 6 heteroatoms. The number of para-hydroxylation sites is 2. The van der Waals surface area contributed by atoms with Crippen molar-refractivity contribution >= 4 is 22.4 Å². The summed E-state index contributed by atoms with van der Waals surface area (Å²) in [5.41, 5.74) is 9.27. The Kier molecular flexibility index (Phi) is 7.35. The van der Waals surface area contributed by atoms with Crippen molar-refractivity contribution in [2.45, 2.75) is 46.6 Å². The third kappa shape index (κ3) is 5.50. The van der Waals surface area contributed by atoms with Crippen molar-refractivity contribution < 1.29 is 0 Å². The van der Waals surface area contributed by atoms with Gasteiger partial charge in [0.05, 0.1) is 50.9 Å². The molecule has 1 fully saturated rings. The molecule has 0 amide bonds. The Labute approximate surface area is 236 Å². The molecule has 204 valence electrons. The lowest BCUT2D eigenvalue weighted by atomic mass is 10.0. The topological polar surface area (TPSA) is 58.3 Å². The molecule has 6 nitrogen and oxygen atoms in total. The molecule has 3 aliphatic rings. The number of benzene rings is 3. The van der Waals surface area contributed by atoms with Crippen LogP contribution in [0.25, 0.3) is 28.1 Å². The lowest BCUT2D eigenvalue weighted by molar-refractivity contribution is 0.192. The van der Waals surface area contributed by atoms with Crippen molar-refractivity contribution in [3.05, 3.63) is 95.6 Å².